The third kappa shape index (κ3) is 2.60. The molecule has 4 heteroatoms. The number of nitrogens with zero attached hydrogens (tertiary/aromatic N) is 1. The van der Waals surface area contributed by atoms with Crippen LogP contribution in [0.15, 0.2) is 18.2 Å². The van der Waals surface area contributed by atoms with Gasteiger partial charge in [0.25, 0.3) is 0 Å². The van der Waals surface area contributed by atoms with E-state index in [2.05, 4.69) is 10.2 Å². The Morgan fingerprint density at radius 3 is 2.96 bits per heavy atom. The van der Waals surface area contributed by atoms with Gasteiger partial charge in [-0.1, -0.05) is 12.5 Å². The Morgan fingerprint density at radius 2 is 2.12 bits per heavy atom. The van der Waals surface area contributed by atoms with Crippen molar-refractivity contribution in [3.63, 3.8) is 0 Å². The quantitative estimate of drug-likeness (QED) is 0.871. The van der Waals surface area contributed by atoms with Crippen molar-refractivity contribution in [2.75, 3.05) is 13.1 Å². The highest BCUT2D eigenvalue weighted by Crippen LogP contribution is 2.52. The van der Waals surface area contributed by atoms with Crippen molar-refractivity contribution in [1.29, 1.82) is 0 Å². The van der Waals surface area contributed by atoms with E-state index in [-0.39, 0.29) is 23.2 Å². The van der Waals surface area contributed by atoms with E-state index >= 15 is 0 Å². The van der Waals surface area contributed by atoms with Gasteiger partial charge in [0.1, 0.15) is 5.82 Å². The minimum Gasteiger partial charge on any atom is -0.349 e. The highest BCUT2D eigenvalue weighted by molar-refractivity contribution is 5.74. The van der Waals surface area contributed by atoms with Gasteiger partial charge in [0.05, 0.1) is 6.04 Å². The summed E-state index contributed by atoms with van der Waals surface area (Å²) in [5, 5.41) is 3.07. The van der Waals surface area contributed by atoms with E-state index < -0.39 is 0 Å². The second-order valence-corrected chi connectivity index (χ2v) is 9.27. The Morgan fingerprint density at radius 1 is 1.27 bits per heavy atom. The summed E-state index contributed by atoms with van der Waals surface area (Å²) >= 11 is 0. The summed E-state index contributed by atoms with van der Waals surface area (Å²) in [5.74, 6) is 1.66. The van der Waals surface area contributed by atoms with Crippen LogP contribution < -0.4 is 5.32 Å². The van der Waals surface area contributed by atoms with Crippen LogP contribution in [-0.4, -0.2) is 29.9 Å². The molecule has 3 fully saturated rings. The predicted octanol–water partition coefficient (Wildman–Crippen LogP) is 3.93. The zero-order valence-corrected chi connectivity index (χ0v) is 15.6. The van der Waals surface area contributed by atoms with E-state index in [1.54, 1.807) is 19.1 Å². The lowest BCUT2D eigenvalue weighted by atomic mass is 9.80. The summed E-state index contributed by atoms with van der Waals surface area (Å²) in [5.41, 5.74) is 2.37. The number of hydrogen-bond acceptors (Lipinski definition) is 2. The fraction of sp³-hybridized carbons (Fsp3) is 0.682. The second kappa shape index (κ2) is 6.05. The fourth-order valence-electron chi connectivity index (χ4n) is 6.71. The van der Waals surface area contributed by atoms with Crippen molar-refractivity contribution >= 4 is 5.91 Å². The number of halogens is 1. The predicted molar refractivity (Wildman–Crippen MR) is 99.3 cm³/mol. The summed E-state index contributed by atoms with van der Waals surface area (Å²) in [4.78, 5) is 14.4. The first-order valence-corrected chi connectivity index (χ1v) is 10.4. The highest BCUT2D eigenvalue weighted by atomic mass is 19.1. The van der Waals surface area contributed by atoms with Crippen molar-refractivity contribution in [3.05, 3.63) is 35.1 Å². The molecule has 26 heavy (non-hydrogen) atoms. The maximum absolute atomic E-state index is 13.9. The monoisotopic (exact) mass is 356 g/mol. The number of amides is 1. The van der Waals surface area contributed by atoms with Crippen LogP contribution in [0.4, 0.5) is 4.39 Å². The zero-order valence-electron chi connectivity index (χ0n) is 15.6. The molecule has 0 radical (unpaired) electrons. The lowest BCUT2D eigenvalue weighted by Gasteiger charge is -2.37. The van der Waals surface area contributed by atoms with Gasteiger partial charge in [0.15, 0.2) is 0 Å². The van der Waals surface area contributed by atoms with Crippen LogP contribution in [0, 0.1) is 17.7 Å². The lowest BCUT2D eigenvalue weighted by Crippen LogP contribution is -2.42. The number of hydrogen-bond donors (Lipinski definition) is 1. The molecule has 5 rings (SSSR count). The smallest absolute Gasteiger partial charge is 0.217 e. The summed E-state index contributed by atoms with van der Waals surface area (Å²) in [7, 11) is 0. The molecule has 5 atom stereocenters. The first-order valence-electron chi connectivity index (χ1n) is 10.4. The topological polar surface area (TPSA) is 32.3 Å². The molecule has 2 bridgehead atoms. The van der Waals surface area contributed by atoms with E-state index in [1.165, 1.54) is 37.7 Å². The lowest BCUT2D eigenvalue weighted by molar-refractivity contribution is -0.119. The molecule has 1 spiro atoms. The number of rotatable bonds is 2. The number of fused-ring (bicyclic) bond motifs is 4. The minimum atomic E-state index is -0.199. The van der Waals surface area contributed by atoms with Crippen molar-refractivity contribution < 1.29 is 9.18 Å². The van der Waals surface area contributed by atoms with Crippen LogP contribution in [0.1, 0.15) is 69.0 Å². The molecule has 1 aromatic rings. The molecule has 4 aliphatic rings. The Balaban J connectivity index is 1.42. The normalized spacial score (nSPS) is 38.7. The zero-order chi connectivity index (χ0) is 17.9. The van der Waals surface area contributed by atoms with Crippen molar-refractivity contribution in [3.8, 4) is 0 Å². The van der Waals surface area contributed by atoms with Crippen molar-refractivity contribution in [2.45, 2.75) is 69.4 Å². The average Bonchev–Trinajstić information content (AvgIpc) is 3.27. The molecular formula is C22H29FN2O. The Hall–Kier alpha value is -1.42. The number of carbonyl (C=O) groups is 1. The van der Waals surface area contributed by atoms with Crippen molar-refractivity contribution in [2.24, 2.45) is 11.8 Å². The number of benzene rings is 1. The van der Waals surface area contributed by atoms with Crippen LogP contribution in [0.5, 0.6) is 0 Å². The van der Waals surface area contributed by atoms with Crippen LogP contribution in [0.25, 0.3) is 0 Å². The number of likely N-dealkylation sites (tertiary alicyclic amines) is 1. The van der Waals surface area contributed by atoms with Gasteiger partial charge >= 0.3 is 0 Å². The van der Waals surface area contributed by atoms with Crippen LogP contribution in [0.3, 0.4) is 0 Å². The van der Waals surface area contributed by atoms with Gasteiger partial charge in [-0.05, 0) is 80.2 Å². The van der Waals surface area contributed by atoms with Gasteiger partial charge in [0.2, 0.25) is 5.91 Å². The Kier molecular flexibility index (Phi) is 3.89. The molecular weight excluding hydrogens is 327 g/mol. The fourth-order valence-corrected chi connectivity index (χ4v) is 6.71. The van der Waals surface area contributed by atoms with E-state index in [4.69, 9.17) is 0 Å². The largest absolute Gasteiger partial charge is 0.349 e. The summed E-state index contributed by atoms with van der Waals surface area (Å²) < 4.78 is 13.9. The van der Waals surface area contributed by atoms with Gasteiger partial charge in [-0.15, -0.1) is 0 Å². The molecule has 3 unspecified atom stereocenters. The molecule has 140 valence electrons. The van der Waals surface area contributed by atoms with E-state index in [0.29, 0.717) is 0 Å². The minimum absolute atomic E-state index is 0.0265. The highest BCUT2D eigenvalue weighted by Gasteiger charge is 2.51. The third-order valence-electron chi connectivity index (χ3n) is 7.78. The Labute approximate surface area is 155 Å². The molecule has 1 saturated heterocycles. The van der Waals surface area contributed by atoms with Crippen molar-refractivity contribution in [1.82, 2.24) is 10.2 Å². The molecule has 3 nitrogen and oxygen atoms in total. The van der Waals surface area contributed by atoms with Crippen LogP contribution in [-0.2, 0) is 10.2 Å². The molecule has 1 N–H and O–H groups in total. The van der Waals surface area contributed by atoms with Gasteiger partial charge in [-0.2, -0.15) is 0 Å². The molecule has 0 aromatic heterocycles. The molecule has 1 amide bonds. The summed E-state index contributed by atoms with van der Waals surface area (Å²) in [6.07, 6.45) is 9.10. The maximum atomic E-state index is 13.9. The van der Waals surface area contributed by atoms with Gasteiger partial charge in [-0.3, -0.25) is 9.69 Å². The molecule has 1 heterocycles. The SMILES string of the molecule is CC(=O)N[C@H]1CC2(CCN([C@@H]3CCC4CCC3C4)C2)c2ccc(F)cc21. The van der Waals surface area contributed by atoms with Crippen LogP contribution in [0.2, 0.25) is 0 Å². The second-order valence-electron chi connectivity index (χ2n) is 9.27. The maximum Gasteiger partial charge on any atom is 0.217 e. The standard InChI is InChI=1S/C22H29FN2O/c1-14(26)24-20-12-22(19-6-5-17(23)11-18(19)20)8-9-25(13-22)21-7-3-15-2-4-16(21)10-15/h5-6,11,15-16,20-21H,2-4,7-10,12-13H2,1H3,(H,24,26)/t15?,16?,20-,21+,22?/m0/s1. The number of carbonyl (C=O) groups excluding carboxylic acids is 1. The first kappa shape index (κ1) is 16.7. The first-order chi connectivity index (χ1) is 12.5. The Bertz CT molecular complexity index is 735. The summed E-state index contributed by atoms with van der Waals surface area (Å²) in [6, 6.07) is 5.94. The molecule has 2 saturated carbocycles. The van der Waals surface area contributed by atoms with E-state index in [9.17, 15) is 9.18 Å². The van der Waals surface area contributed by atoms with Gasteiger partial charge in [-0.25, -0.2) is 4.39 Å². The van der Waals surface area contributed by atoms with E-state index in [1.807, 2.05) is 6.07 Å². The number of nitrogens with one attached hydrogen (secondary N) is 1. The molecule has 3 aliphatic carbocycles. The van der Waals surface area contributed by atoms with E-state index in [0.717, 1.165) is 49.4 Å². The third-order valence-corrected chi connectivity index (χ3v) is 7.78. The molecule has 1 aromatic carbocycles. The van der Waals surface area contributed by atoms with Gasteiger partial charge < -0.3 is 5.32 Å². The molecule has 1 aliphatic heterocycles. The average molecular weight is 356 g/mol. The van der Waals surface area contributed by atoms with Crippen LogP contribution >= 0.6 is 0 Å². The van der Waals surface area contributed by atoms with Gasteiger partial charge in [0, 0.05) is 24.9 Å². The summed E-state index contributed by atoms with van der Waals surface area (Å²) in [6.45, 7) is 3.78.